The summed E-state index contributed by atoms with van der Waals surface area (Å²) in [6.45, 7) is 8.54. The molecule has 2 fully saturated rings. The number of rotatable bonds is 12. The van der Waals surface area contributed by atoms with Crippen LogP contribution in [0.15, 0.2) is 95.4 Å². The highest BCUT2D eigenvalue weighted by Crippen LogP contribution is 2.43. The molecule has 10 nitrogen and oxygen atoms in total. The van der Waals surface area contributed by atoms with Crippen LogP contribution in [0.2, 0.25) is 0 Å². The molecule has 0 bridgehead atoms. The normalized spacial score (nSPS) is 19.5. The molecular formula is C37H42F2N8O2S. The number of piperazine rings is 1. The Bertz CT molecular complexity index is 1920. The minimum absolute atomic E-state index is 0.100. The second kappa shape index (κ2) is 14.8. The number of nitrogens with zero attached hydrogens (tertiary/aromatic N) is 8. The lowest BCUT2D eigenvalue weighted by atomic mass is 9.87. The first-order valence-corrected chi connectivity index (χ1v) is 18.3. The van der Waals surface area contributed by atoms with Crippen molar-refractivity contribution >= 4 is 23.1 Å². The molecule has 7 rings (SSSR count). The molecule has 2 atom stereocenters. The summed E-state index contributed by atoms with van der Waals surface area (Å²) in [6, 6.07) is 20.6. The van der Waals surface area contributed by atoms with E-state index >= 15 is 0 Å². The zero-order valence-corrected chi connectivity index (χ0v) is 29.2. The van der Waals surface area contributed by atoms with Gasteiger partial charge in [-0.05, 0) is 79.8 Å². The summed E-state index contributed by atoms with van der Waals surface area (Å²) in [4.78, 5) is 22.9. The van der Waals surface area contributed by atoms with Gasteiger partial charge in [0.1, 0.15) is 36.2 Å². The molecule has 262 valence electrons. The largest absolute Gasteiger partial charge is 0.368 e. The monoisotopic (exact) mass is 700 g/mol. The van der Waals surface area contributed by atoms with Crippen LogP contribution in [0.1, 0.15) is 44.7 Å². The number of aromatic nitrogens is 6. The predicted molar refractivity (Wildman–Crippen MR) is 191 cm³/mol. The van der Waals surface area contributed by atoms with E-state index in [1.54, 1.807) is 38.3 Å². The summed E-state index contributed by atoms with van der Waals surface area (Å²) in [5, 5.41) is 8.58. The fraction of sp³-hybridized carbons (Fsp3) is 0.405. The van der Waals surface area contributed by atoms with E-state index in [0.717, 1.165) is 62.2 Å². The molecule has 0 aliphatic carbocycles. The molecule has 0 spiro atoms. The summed E-state index contributed by atoms with van der Waals surface area (Å²) >= 11 is 1.76. The van der Waals surface area contributed by atoms with Crippen LogP contribution >= 0.6 is 11.8 Å². The van der Waals surface area contributed by atoms with Crippen LogP contribution in [-0.4, -0.2) is 67.7 Å². The molecular weight excluding hydrogens is 659 g/mol. The third-order valence-corrected chi connectivity index (χ3v) is 11.2. The molecule has 50 heavy (non-hydrogen) atoms. The van der Waals surface area contributed by atoms with Gasteiger partial charge in [-0.2, -0.15) is 10.2 Å². The van der Waals surface area contributed by atoms with Gasteiger partial charge in [0.25, 0.3) is 0 Å². The molecule has 5 aromatic rings. The Balaban J connectivity index is 0.924. The van der Waals surface area contributed by atoms with Crippen molar-refractivity contribution in [2.75, 3.05) is 48.3 Å². The third kappa shape index (κ3) is 7.06. The summed E-state index contributed by atoms with van der Waals surface area (Å²) in [5.41, 5.74) is 2.46. The van der Waals surface area contributed by atoms with Crippen molar-refractivity contribution in [2.24, 2.45) is 5.92 Å². The Morgan fingerprint density at radius 1 is 0.880 bits per heavy atom. The van der Waals surface area contributed by atoms with Gasteiger partial charge in [0.2, 0.25) is 0 Å². The summed E-state index contributed by atoms with van der Waals surface area (Å²) in [6.07, 6.45) is 6.98. The fourth-order valence-electron chi connectivity index (χ4n) is 7.18. The maximum atomic E-state index is 15.0. The third-order valence-electron chi connectivity index (χ3n) is 9.96. The maximum Gasteiger partial charge on any atom is 0.350 e. The first kappa shape index (κ1) is 34.0. The highest BCUT2D eigenvalue weighted by atomic mass is 32.2. The van der Waals surface area contributed by atoms with Gasteiger partial charge >= 0.3 is 5.69 Å². The molecule has 0 N–H and O–H groups in total. The Hall–Kier alpha value is -4.49. The Morgan fingerprint density at radius 3 is 2.16 bits per heavy atom. The summed E-state index contributed by atoms with van der Waals surface area (Å²) in [7, 11) is 0. The van der Waals surface area contributed by atoms with Crippen molar-refractivity contribution < 1.29 is 13.5 Å². The lowest BCUT2D eigenvalue weighted by molar-refractivity contribution is -0.0202. The van der Waals surface area contributed by atoms with E-state index in [9.17, 15) is 13.6 Å². The molecule has 2 aliphatic rings. The number of hydrogen-bond acceptors (Lipinski definition) is 8. The second-order valence-corrected chi connectivity index (χ2v) is 14.2. The van der Waals surface area contributed by atoms with Gasteiger partial charge in [-0.25, -0.2) is 32.5 Å². The smallest absolute Gasteiger partial charge is 0.350 e. The van der Waals surface area contributed by atoms with Crippen LogP contribution < -0.4 is 15.5 Å². The maximum absolute atomic E-state index is 15.0. The molecule has 2 saturated heterocycles. The van der Waals surface area contributed by atoms with E-state index in [0.29, 0.717) is 25.1 Å². The van der Waals surface area contributed by atoms with E-state index in [1.807, 2.05) is 12.1 Å². The first-order valence-electron chi connectivity index (χ1n) is 17.3. The fourth-order valence-corrected chi connectivity index (χ4v) is 8.15. The van der Waals surface area contributed by atoms with Crippen molar-refractivity contribution in [1.29, 1.82) is 0 Å². The highest BCUT2D eigenvalue weighted by Gasteiger charge is 2.44. The van der Waals surface area contributed by atoms with E-state index in [1.165, 1.54) is 29.0 Å². The zero-order valence-electron chi connectivity index (χ0n) is 28.4. The average Bonchev–Trinajstić information content (AvgIpc) is 3.90. The summed E-state index contributed by atoms with van der Waals surface area (Å²) in [5.74, 6) is -0.223. The number of halogens is 2. The number of hydrogen-bond donors (Lipinski definition) is 0. The van der Waals surface area contributed by atoms with Crippen LogP contribution in [0.3, 0.4) is 0 Å². The topological polar surface area (TPSA) is 86.2 Å². The minimum atomic E-state index is -0.943. The number of benzene rings is 3. The molecule has 2 aromatic heterocycles. The lowest BCUT2D eigenvalue weighted by Crippen LogP contribution is -2.46. The average molecular weight is 701 g/mol. The van der Waals surface area contributed by atoms with Crippen LogP contribution in [0.25, 0.3) is 5.69 Å². The van der Waals surface area contributed by atoms with Gasteiger partial charge in [0, 0.05) is 59.8 Å². The molecule has 0 radical (unpaired) electrons. The van der Waals surface area contributed by atoms with E-state index < -0.39 is 17.2 Å². The van der Waals surface area contributed by atoms with Crippen LogP contribution in [0.4, 0.5) is 20.2 Å². The SMILES string of the molecule is CCC(CC)n1ncn(-c2ccc(N3CCN(c4ccc(SCC5COC(Cn6cncn6)(c6ccc(F)cc6F)C5)cc4)CC3)cc2)c1=O. The van der Waals surface area contributed by atoms with Crippen molar-refractivity contribution in [3.8, 4) is 5.69 Å². The molecule has 2 unspecified atom stereocenters. The lowest BCUT2D eigenvalue weighted by Gasteiger charge is -2.37. The van der Waals surface area contributed by atoms with E-state index in [-0.39, 0.29) is 17.6 Å². The first-order chi connectivity index (χ1) is 24.4. The highest BCUT2D eigenvalue weighted by molar-refractivity contribution is 7.99. The number of thioether (sulfide) groups is 1. The van der Waals surface area contributed by atoms with Crippen molar-refractivity contribution in [2.45, 2.75) is 56.2 Å². The molecule has 2 aliphatic heterocycles. The predicted octanol–water partition coefficient (Wildman–Crippen LogP) is 6.32. The Kier molecular flexibility index (Phi) is 10.0. The van der Waals surface area contributed by atoms with Crippen molar-refractivity contribution in [1.82, 2.24) is 29.1 Å². The van der Waals surface area contributed by atoms with Gasteiger partial charge in [0.15, 0.2) is 0 Å². The standard InChI is InChI=1S/C37H42F2N8O2S/c1-3-29(4-2)47-36(48)46(26-42-47)32-8-6-30(7-9-32)43-15-17-44(18-16-43)31-10-12-33(13-11-31)50-22-27-20-37(49-21-27,23-45-25-40-24-41-45)34-14-5-28(38)19-35(34)39/h5-14,19,24-27,29H,3-4,15-18,20-23H2,1-2H3. The molecule has 0 saturated carbocycles. The van der Waals surface area contributed by atoms with Gasteiger partial charge < -0.3 is 14.5 Å². The number of ether oxygens (including phenoxy) is 1. The van der Waals surface area contributed by atoms with Gasteiger partial charge in [-0.15, -0.1) is 11.8 Å². The van der Waals surface area contributed by atoms with Crippen LogP contribution in [0.5, 0.6) is 0 Å². The summed E-state index contributed by atoms with van der Waals surface area (Å²) < 4.78 is 39.9. The number of anilines is 2. The van der Waals surface area contributed by atoms with E-state index in [4.69, 9.17) is 4.74 Å². The Morgan fingerprint density at radius 2 is 1.54 bits per heavy atom. The van der Waals surface area contributed by atoms with Crippen molar-refractivity contribution in [3.05, 3.63) is 113 Å². The van der Waals surface area contributed by atoms with E-state index in [2.05, 4.69) is 75.2 Å². The second-order valence-electron chi connectivity index (χ2n) is 13.1. The van der Waals surface area contributed by atoms with Gasteiger partial charge in [-0.3, -0.25) is 0 Å². The molecule has 13 heteroatoms. The van der Waals surface area contributed by atoms with Gasteiger partial charge in [-0.1, -0.05) is 19.9 Å². The van der Waals surface area contributed by atoms with Gasteiger partial charge in [0.05, 0.1) is 24.9 Å². The molecule has 0 amide bonds. The Labute approximate surface area is 294 Å². The molecule has 3 aromatic carbocycles. The van der Waals surface area contributed by atoms with Crippen LogP contribution in [0, 0.1) is 17.6 Å². The minimum Gasteiger partial charge on any atom is -0.368 e. The van der Waals surface area contributed by atoms with Crippen molar-refractivity contribution in [3.63, 3.8) is 0 Å². The van der Waals surface area contributed by atoms with Crippen LogP contribution in [-0.2, 0) is 16.9 Å². The zero-order chi connectivity index (χ0) is 34.7. The molecule has 4 heterocycles. The quantitative estimate of drug-likeness (QED) is 0.140.